The number of piperazine rings is 1. The highest BCUT2D eigenvalue weighted by Crippen LogP contribution is 2.34. The summed E-state index contributed by atoms with van der Waals surface area (Å²) in [5.74, 6) is 3.57. The van der Waals surface area contributed by atoms with Crippen LogP contribution in [0.3, 0.4) is 0 Å². The van der Waals surface area contributed by atoms with Crippen LogP contribution in [-0.2, 0) is 0 Å². The number of thioether (sulfide) groups is 1. The Bertz CT molecular complexity index is 230. The number of nitrogens with zero attached hydrogens (tertiary/aromatic N) is 1. The Morgan fingerprint density at radius 3 is 2.82 bits per heavy atom. The first-order valence-electron chi connectivity index (χ1n) is 7.29. The van der Waals surface area contributed by atoms with Crippen molar-refractivity contribution in [2.24, 2.45) is 5.92 Å². The smallest absolute Gasteiger partial charge is 0.0224 e. The summed E-state index contributed by atoms with van der Waals surface area (Å²) in [6.07, 6.45) is 4.26. The molecule has 1 heterocycles. The maximum atomic E-state index is 3.74. The average molecular weight is 256 g/mol. The molecule has 17 heavy (non-hydrogen) atoms. The van der Waals surface area contributed by atoms with E-state index in [1.807, 2.05) is 0 Å². The van der Waals surface area contributed by atoms with E-state index < -0.39 is 0 Å². The van der Waals surface area contributed by atoms with E-state index >= 15 is 0 Å². The van der Waals surface area contributed by atoms with E-state index in [1.165, 1.54) is 43.9 Å². The van der Waals surface area contributed by atoms with Gasteiger partial charge in [-0.15, -0.1) is 0 Å². The van der Waals surface area contributed by atoms with Crippen molar-refractivity contribution in [3.05, 3.63) is 0 Å². The number of hydrogen-bond donors (Lipinski definition) is 1. The zero-order valence-electron chi connectivity index (χ0n) is 11.6. The first-order valence-corrected chi connectivity index (χ1v) is 8.44. The predicted octanol–water partition coefficient (Wildman–Crippen LogP) is 2.59. The average Bonchev–Trinajstić information content (AvgIpc) is 3.14. The zero-order chi connectivity index (χ0) is 12.3. The summed E-state index contributed by atoms with van der Waals surface area (Å²) in [4.78, 5) is 2.75. The molecule has 0 aromatic carbocycles. The molecule has 1 saturated heterocycles. The van der Waals surface area contributed by atoms with Gasteiger partial charge in [-0.2, -0.15) is 11.8 Å². The molecule has 1 aliphatic carbocycles. The Kier molecular flexibility index (Phi) is 5.19. The van der Waals surface area contributed by atoms with Crippen molar-refractivity contribution >= 4 is 11.8 Å². The third-order valence-corrected chi connectivity index (χ3v) is 5.22. The highest BCUT2D eigenvalue weighted by atomic mass is 32.2. The number of rotatable bonds is 6. The van der Waals surface area contributed by atoms with Crippen LogP contribution in [0.1, 0.15) is 40.0 Å². The monoisotopic (exact) mass is 256 g/mol. The fourth-order valence-corrected chi connectivity index (χ4v) is 3.70. The Morgan fingerprint density at radius 1 is 1.41 bits per heavy atom. The lowest BCUT2D eigenvalue weighted by Crippen LogP contribution is -2.58. The summed E-state index contributed by atoms with van der Waals surface area (Å²) in [5, 5.41) is 3.74. The summed E-state index contributed by atoms with van der Waals surface area (Å²) in [6, 6.07) is 2.26. The van der Waals surface area contributed by atoms with E-state index in [0.717, 1.165) is 18.0 Å². The molecule has 0 bridgehead atoms. The first-order chi connectivity index (χ1) is 8.22. The summed E-state index contributed by atoms with van der Waals surface area (Å²) >= 11 is 2.08. The molecule has 2 nitrogen and oxygen atoms in total. The summed E-state index contributed by atoms with van der Waals surface area (Å²) in [5.41, 5.74) is 0. The second kappa shape index (κ2) is 6.44. The van der Waals surface area contributed by atoms with Gasteiger partial charge in [0.25, 0.3) is 0 Å². The van der Waals surface area contributed by atoms with Crippen LogP contribution in [0.4, 0.5) is 0 Å². The first kappa shape index (κ1) is 13.7. The molecule has 0 radical (unpaired) electrons. The van der Waals surface area contributed by atoms with Crippen molar-refractivity contribution in [3.8, 4) is 0 Å². The van der Waals surface area contributed by atoms with Crippen LogP contribution in [0, 0.1) is 5.92 Å². The Balaban J connectivity index is 1.79. The minimum atomic E-state index is 0.714. The topological polar surface area (TPSA) is 15.3 Å². The van der Waals surface area contributed by atoms with Crippen molar-refractivity contribution < 1.29 is 0 Å². The molecule has 0 amide bonds. The molecule has 1 aliphatic heterocycles. The van der Waals surface area contributed by atoms with Gasteiger partial charge in [-0.25, -0.2) is 0 Å². The fourth-order valence-electron chi connectivity index (χ4n) is 2.90. The summed E-state index contributed by atoms with van der Waals surface area (Å²) in [6.45, 7) is 9.52. The van der Waals surface area contributed by atoms with Gasteiger partial charge < -0.3 is 5.32 Å². The van der Waals surface area contributed by atoms with Gasteiger partial charge in [-0.3, -0.25) is 4.90 Å². The zero-order valence-corrected chi connectivity index (χ0v) is 12.4. The largest absolute Gasteiger partial charge is 0.311 e. The SMILES string of the molecule is CCSCCC(C)N1CC(C2CC2)NCC1C. The molecule has 3 atom stereocenters. The van der Waals surface area contributed by atoms with Gasteiger partial charge in [-0.1, -0.05) is 6.92 Å². The molecule has 2 fully saturated rings. The van der Waals surface area contributed by atoms with Crippen LogP contribution in [0.25, 0.3) is 0 Å². The third-order valence-electron chi connectivity index (χ3n) is 4.29. The minimum Gasteiger partial charge on any atom is -0.311 e. The molecule has 0 aromatic heterocycles. The maximum absolute atomic E-state index is 3.74. The third kappa shape index (κ3) is 3.87. The molecule has 1 saturated carbocycles. The van der Waals surface area contributed by atoms with Gasteiger partial charge in [0, 0.05) is 31.2 Å². The molecule has 3 heteroatoms. The highest BCUT2D eigenvalue weighted by molar-refractivity contribution is 7.99. The summed E-state index contributed by atoms with van der Waals surface area (Å²) in [7, 11) is 0. The van der Waals surface area contributed by atoms with Crippen LogP contribution in [-0.4, -0.2) is 47.6 Å². The molecule has 1 N–H and O–H groups in total. The van der Waals surface area contributed by atoms with E-state index in [0.29, 0.717) is 6.04 Å². The molecule has 0 spiro atoms. The maximum Gasteiger partial charge on any atom is 0.0224 e. The van der Waals surface area contributed by atoms with E-state index in [2.05, 4.69) is 42.7 Å². The Morgan fingerprint density at radius 2 is 2.18 bits per heavy atom. The standard InChI is InChI=1S/C14H28N2S/c1-4-17-8-7-11(2)16-10-14(13-5-6-13)15-9-12(16)3/h11-15H,4-10H2,1-3H3. The molecule has 3 unspecified atom stereocenters. The van der Waals surface area contributed by atoms with Crippen LogP contribution >= 0.6 is 11.8 Å². The van der Waals surface area contributed by atoms with Crippen LogP contribution in [0.15, 0.2) is 0 Å². The Hall–Kier alpha value is 0.270. The number of nitrogens with one attached hydrogen (secondary N) is 1. The lowest BCUT2D eigenvalue weighted by molar-refractivity contribution is 0.0911. The van der Waals surface area contributed by atoms with Crippen LogP contribution in [0.5, 0.6) is 0 Å². The Labute approximate surface area is 111 Å². The molecule has 2 rings (SSSR count). The van der Waals surface area contributed by atoms with Crippen molar-refractivity contribution in [2.75, 3.05) is 24.6 Å². The lowest BCUT2D eigenvalue weighted by Gasteiger charge is -2.42. The van der Waals surface area contributed by atoms with E-state index in [1.54, 1.807) is 0 Å². The van der Waals surface area contributed by atoms with Crippen LogP contribution in [0.2, 0.25) is 0 Å². The molecular formula is C14H28N2S. The van der Waals surface area contributed by atoms with Crippen molar-refractivity contribution in [1.82, 2.24) is 10.2 Å². The minimum absolute atomic E-state index is 0.714. The van der Waals surface area contributed by atoms with Crippen molar-refractivity contribution in [1.29, 1.82) is 0 Å². The number of hydrogen-bond acceptors (Lipinski definition) is 3. The van der Waals surface area contributed by atoms with Gasteiger partial charge >= 0.3 is 0 Å². The van der Waals surface area contributed by atoms with Gasteiger partial charge in [0.05, 0.1) is 0 Å². The second-order valence-corrected chi connectivity index (χ2v) is 7.13. The van der Waals surface area contributed by atoms with Gasteiger partial charge in [0.15, 0.2) is 0 Å². The lowest BCUT2D eigenvalue weighted by atomic mass is 10.0. The van der Waals surface area contributed by atoms with Crippen molar-refractivity contribution in [2.45, 2.75) is 58.2 Å². The predicted molar refractivity (Wildman–Crippen MR) is 77.8 cm³/mol. The van der Waals surface area contributed by atoms with E-state index in [-0.39, 0.29) is 0 Å². The van der Waals surface area contributed by atoms with Gasteiger partial charge in [-0.05, 0) is 50.5 Å². The summed E-state index contributed by atoms with van der Waals surface area (Å²) < 4.78 is 0. The highest BCUT2D eigenvalue weighted by Gasteiger charge is 2.37. The molecule has 100 valence electrons. The van der Waals surface area contributed by atoms with E-state index in [9.17, 15) is 0 Å². The quantitative estimate of drug-likeness (QED) is 0.735. The molecule has 2 aliphatic rings. The second-order valence-electron chi connectivity index (χ2n) is 5.73. The van der Waals surface area contributed by atoms with Gasteiger partial charge in [0.2, 0.25) is 0 Å². The molecular weight excluding hydrogens is 228 g/mol. The fraction of sp³-hybridized carbons (Fsp3) is 1.00. The normalized spacial score (nSPS) is 32.6. The van der Waals surface area contributed by atoms with E-state index in [4.69, 9.17) is 0 Å². The van der Waals surface area contributed by atoms with Crippen molar-refractivity contribution in [3.63, 3.8) is 0 Å². The molecule has 0 aromatic rings. The van der Waals surface area contributed by atoms with Gasteiger partial charge in [0.1, 0.15) is 0 Å². The van der Waals surface area contributed by atoms with Crippen LogP contribution < -0.4 is 5.32 Å².